The van der Waals surface area contributed by atoms with E-state index in [1.807, 2.05) is 49.5 Å². The van der Waals surface area contributed by atoms with E-state index in [1.54, 1.807) is 0 Å². The number of amides is 1. The largest absolute Gasteiger partial charge is 0.355 e. The van der Waals surface area contributed by atoms with Gasteiger partial charge < -0.3 is 5.32 Å². The Morgan fingerprint density at radius 3 is 2.83 bits per heavy atom. The van der Waals surface area contributed by atoms with Gasteiger partial charge in [-0.15, -0.1) is 0 Å². The van der Waals surface area contributed by atoms with Crippen LogP contribution in [0, 0.1) is 36.0 Å². The maximum Gasteiger partial charge on any atom is 0.230 e. The van der Waals surface area contributed by atoms with Crippen LogP contribution in [0.25, 0.3) is 16.5 Å². The first-order valence-electron chi connectivity index (χ1n) is 10.0. The van der Waals surface area contributed by atoms with E-state index in [0.717, 1.165) is 45.7 Å². The molecule has 1 heterocycles. The topological polar surface area (TPSA) is 70.7 Å². The van der Waals surface area contributed by atoms with Gasteiger partial charge in [-0.05, 0) is 49.7 Å². The quantitative estimate of drug-likeness (QED) is 0.631. The third-order valence-electron chi connectivity index (χ3n) is 6.25. The molecule has 0 spiro atoms. The lowest BCUT2D eigenvalue weighted by atomic mass is 9.85. The third kappa shape index (κ3) is 3.30. The number of hydrogen-bond acceptors (Lipinski definition) is 4. The zero-order valence-corrected chi connectivity index (χ0v) is 17.1. The molecule has 2 aliphatic carbocycles. The highest BCUT2D eigenvalue weighted by Crippen LogP contribution is 2.59. The summed E-state index contributed by atoms with van der Waals surface area (Å²) in [6.07, 6.45) is 4.48. The molecule has 1 N–H and O–H groups in total. The molecule has 1 aromatic heterocycles. The second-order valence-corrected chi connectivity index (χ2v) is 9.00. The van der Waals surface area contributed by atoms with Crippen molar-refractivity contribution in [1.29, 1.82) is 5.26 Å². The summed E-state index contributed by atoms with van der Waals surface area (Å²) in [5.41, 5.74) is 2.63. The number of aromatic nitrogens is 2. The van der Waals surface area contributed by atoms with Gasteiger partial charge in [-0.3, -0.25) is 9.36 Å². The fourth-order valence-corrected chi connectivity index (χ4v) is 5.39. The Morgan fingerprint density at radius 2 is 2.10 bits per heavy atom. The minimum atomic E-state index is 0.0657. The number of hydrogen-bond donors (Lipinski definition) is 1. The van der Waals surface area contributed by atoms with Gasteiger partial charge in [0.1, 0.15) is 0 Å². The molecule has 3 aromatic rings. The van der Waals surface area contributed by atoms with Crippen LogP contribution >= 0.6 is 11.8 Å². The van der Waals surface area contributed by atoms with Crippen LogP contribution in [0.15, 0.2) is 47.8 Å². The summed E-state index contributed by atoms with van der Waals surface area (Å²) in [5.74, 6) is 2.96. The summed E-state index contributed by atoms with van der Waals surface area (Å²) in [6, 6.07) is 14.0. The molecular formula is C23H22N4OS. The predicted molar refractivity (Wildman–Crippen MR) is 114 cm³/mol. The smallest absolute Gasteiger partial charge is 0.230 e. The number of nitriles is 1. The third-order valence-corrected chi connectivity index (χ3v) is 7.20. The maximum atomic E-state index is 12.3. The first-order valence-corrected chi connectivity index (χ1v) is 11.0. The van der Waals surface area contributed by atoms with Gasteiger partial charge >= 0.3 is 0 Å². The van der Waals surface area contributed by atoms with Gasteiger partial charge in [-0.25, -0.2) is 4.98 Å². The Kier molecular flexibility index (Phi) is 4.56. The van der Waals surface area contributed by atoms with E-state index in [9.17, 15) is 10.1 Å². The Hall–Kier alpha value is -2.78. The van der Waals surface area contributed by atoms with Crippen molar-refractivity contribution in [3.8, 4) is 11.8 Å². The summed E-state index contributed by atoms with van der Waals surface area (Å²) in [5, 5.41) is 15.2. The van der Waals surface area contributed by atoms with Crippen LogP contribution in [-0.2, 0) is 4.79 Å². The number of carbonyl (C=O) groups is 1. The molecule has 5 rings (SSSR count). The molecule has 2 aromatic carbocycles. The molecule has 0 radical (unpaired) electrons. The molecule has 3 atom stereocenters. The van der Waals surface area contributed by atoms with Crippen LogP contribution in [0.3, 0.4) is 0 Å². The van der Waals surface area contributed by atoms with E-state index < -0.39 is 0 Å². The van der Waals surface area contributed by atoms with E-state index >= 15 is 0 Å². The van der Waals surface area contributed by atoms with Gasteiger partial charge in [0.15, 0.2) is 5.16 Å². The van der Waals surface area contributed by atoms with Gasteiger partial charge in [0.05, 0.1) is 23.1 Å². The molecule has 0 bridgehead atoms. The van der Waals surface area contributed by atoms with Gasteiger partial charge in [-0.1, -0.05) is 36.0 Å². The van der Waals surface area contributed by atoms with Crippen molar-refractivity contribution in [3.05, 3.63) is 53.9 Å². The Labute approximate surface area is 174 Å². The van der Waals surface area contributed by atoms with Crippen LogP contribution in [0.5, 0.6) is 0 Å². The lowest BCUT2D eigenvalue weighted by molar-refractivity contribution is -0.118. The average molecular weight is 403 g/mol. The van der Waals surface area contributed by atoms with Gasteiger partial charge in [0, 0.05) is 29.2 Å². The van der Waals surface area contributed by atoms with E-state index in [4.69, 9.17) is 0 Å². The van der Waals surface area contributed by atoms with Gasteiger partial charge in [-0.2, -0.15) is 5.26 Å². The van der Waals surface area contributed by atoms with Crippen LogP contribution in [0.4, 0.5) is 0 Å². The summed E-state index contributed by atoms with van der Waals surface area (Å²) >= 11 is 1.45. The van der Waals surface area contributed by atoms with Crippen LogP contribution in [0.1, 0.15) is 24.1 Å². The zero-order valence-electron chi connectivity index (χ0n) is 16.3. The summed E-state index contributed by atoms with van der Waals surface area (Å²) in [4.78, 5) is 16.9. The van der Waals surface area contributed by atoms with Crippen LogP contribution < -0.4 is 5.32 Å². The number of nitrogens with zero attached hydrogens (tertiary/aromatic N) is 3. The summed E-state index contributed by atoms with van der Waals surface area (Å²) < 4.78 is 2.07. The number of carbonyl (C=O) groups excluding carboxylic acids is 1. The fraction of sp³-hybridized carbons (Fsp3) is 0.348. The predicted octanol–water partition coefficient (Wildman–Crippen LogP) is 4.07. The average Bonchev–Trinajstić information content (AvgIpc) is 3.24. The molecule has 0 saturated heterocycles. The maximum absolute atomic E-state index is 12.3. The van der Waals surface area contributed by atoms with Crippen molar-refractivity contribution >= 4 is 28.4 Å². The minimum absolute atomic E-state index is 0.0657. The molecule has 6 heteroatoms. The second kappa shape index (κ2) is 7.23. The lowest BCUT2D eigenvalue weighted by Crippen LogP contribution is -2.34. The van der Waals surface area contributed by atoms with Gasteiger partial charge in [0.2, 0.25) is 5.91 Å². The highest BCUT2D eigenvalue weighted by molar-refractivity contribution is 7.99. The van der Waals surface area contributed by atoms with Crippen molar-refractivity contribution in [1.82, 2.24) is 14.9 Å². The first-order chi connectivity index (χ1) is 14.2. The van der Waals surface area contributed by atoms with E-state index in [0.29, 0.717) is 17.2 Å². The number of imidazole rings is 1. The number of rotatable bonds is 6. The van der Waals surface area contributed by atoms with E-state index in [1.165, 1.54) is 24.6 Å². The molecule has 2 fully saturated rings. The lowest BCUT2D eigenvalue weighted by Gasteiger charge is -2.24. The first kappa shape index (κ1) is 18.3. The number of fused-ring (bicyclic) bond motifs is 2. The molecular weight excluding hydrogens is 380 g/mol. The molecule has 5 nitrogen and oxygen atoms in total. The molecule has 29 heavy (non-hydrogen) atoms. The van der Waals surface area contributed by atoms with E-state index in [2.05, 4.69) is 20.9 Å². The molecule has 1 amide bonds. The van der Waals surface area contributed by atoms with Crippen LogP contribution in [0.2, 0.25) is 0 Å². The van der Waals surface area contributed by atoms with Crippen molar-refractivity contribution in [2.24, 2.45) is 17.8 Å². The fourth-order valence-electron chi connectivity index (χ4n) is 4.53. The molecule has 146 valence electrons. The van der Waals surface area contributed by atoms with Crippen molar-refractivity contribution in [3.63, 3.8) is 0 Å². The monoisotopic (exact) mass is 402 g/mol. The molecule has 0 aliphatic heterocycles. The van der Waals surface area contributed by atoms with Crippen molar-refractivity contribution < 1.29 is 4.79 Å². The Bertz CT molecular complexity index is 1150. The second-order valence-electron chi connectivity index (χ2n) is 8.06. The standard InChI is InChI=1S/C23H22N4OS/c1-14-11-26-23(29-13-22(28)25-12-17-8-16-9-20(16)17)27(14)21-7-6-15(10-24)18-4-2-3-5-19(18)21/h2-7,11,16-17,20H,8-9,12-13H2,1H3,(H,25,28). The number of benzene rings is 2. The Balaban J connectivity index is 1.35. The Morgan fingerprint density at radius 1 is 1.28 bits per heavy atom. The zero-order chi connectivity index (χ0) is 20.0. The SMILES string of the molecule is Cc1cnc(SCC(=O)NCC2CC3CC23)n1-c1ccc(C#N)c2ccccc12. The van der Waals surface area contributed by atoms with Crippen molar-refractivity contribution in [2.45, 2.75) is 24.9 Å². The summed E-state index contributed by atoms with van der Waals surface area (Å²) in [6.45, 7) is 2.82. The molecule has 3 unspecified atom stereocenters. The van der Waals surface area contributed by atoms with Crippen LogP contribution in [-0.4, -0.2) is 27.8 Å². The van der Waals surface area contributed by atoms with Crippen molar-refractivity contribution in [2.75, 3.05) is 12.3 Å². The highest BCUT2D eigenvalue weighted by Gasteiger charge is 2.52. The summed E-state index contributed by atoms with van der Waals surface area (Å²) in [7, 11) is 0. The minimum Gasteiger partial charge on any atom is -0.355 e. The number of thioether (sulfide) groups is 1. The number of aryl methyl sites for hydroxylation is 1. The van der Waals surface area contributed by atoms with E-state index in [-0.39, 0.29) is 5.91 Å². The highest BCUT2D eigenvalue weighted by atomic mass is 32.2. The number of nitrogens with one attached hydrogen (secondary N) is 1. The molecule has 2 saturated carbocycles. The van der Waals surface area contributed by atoms with Gasteiger partial charge in [0.25, 0.3) is 0 Å². The molecule has 2 aliphatic rings. The normalized spacial score (nSPS) is 21.9.